The Kier molecular flexibility index (Phi) is 7.58. The van der Waals surface area contributed by atoms with Crippen molar-refractivity contribution < 1.29 is 9.18 Å². The minimum atomic E-state index is -0.328. The van der Waals surface area contributed by atoms with Crippen molar-refractivity contribution in [3.05, 3.63) is 66.0 Å². The summed E-state index contributed by atoms with van der Waals surface area (Å²) in [6.07, 6.45) is 6.57. The minimum Gasteiger partial charge on any atom is -0.342 e. The van der Waals surface area contributed by atoms with Gasteiger partial charge in [0.25, 0.3) is 0 Å². The topological polar surface area (TPSA) is 51.0 Å². The van der Waals surface area contributed by atoms with Gasteiger partial charge in [-0.25, -0.2) is 4.39 Å². The molecule has 0 radical (unpaired) electrons. The van der Waals surface area contributed by atoms with E-state index in [4.69, 9.17) is 0 Å². The van der Waals surface area contributed by atoms with Crippen LogP contribution in [0, 0.1) is 5.82 Å². The highest BCUT2D eigenvalue weighted by Crippen LogP contribution is 2.27. The van der Waals surface area contributed by atoms with Crippen LogP contribution in [0.5, 0.6) is 0 Å². The van der Waals surface area contributed by atoms with E-state index in [1.54, 1.807) is 18.2 Å². The van der Waals surface area contributed by atoms with Crippen molar-refractivity contribution in [1.29, 1.82) is 0 Å². The average Bonchev–Trinajstić information content (AvgIpc) is 3.24. The van der Waals surface area contributed by atoms with Crippen LogP contribution in [0.15, 0.2) is 59.8 Å². The molecule has 0 unspecified atom stereocenters. The molecule has 1 aromatic heterocycles. The molecule has 4 rings (SSSR count). The third kappa shape index (κ3) is 5.38. The normalized spacial score (nSPS) is 14.4. The van der Waals surface area contributed by atoms with Gasteiger partial charge in [-0.1, -0.05) is 73.5 Å². The molecule has 0 bridgehead atoms. The predicted molar refractivity (Wildman–Crippen MR) is 126 cm³/mol. The zero-order chi connectivity index (χ0) is 22.3. The van der Waals surface area contributed by atoms with Crippen LogP contribution >= 0.6 is 11.8 Å². The maximum absolute atomic E-state index is 14.5. The number of thioether (sulfide) groups is 1. The molecule has 1 heterocycles. The quantitative estimate of drug-likeness (QED) is 0.440. The Morgan fingerprint density at radius 3 is 2.53 bits per heavy atom. The van der Waals surface area contributed by atoms with Crippen LogP contribution in [-0.4, -0.2) is 44.4 Å². The fourth-order valence-electron chi connectivity index (χ4n) is 4.22. The first-order valence-corrected chi connectivity index (χ1v) is 12.2. The van der Waals surface area contributed by atoms with E-state index >= 15 is 0 Å². The first-order valence-electron chi connectivity index (χ1n) is 11.2. The van der Waals surface area contributed by atoms with Crippen LogP contribution < -0.4 is 0 Å². The average molecular weight is 453 g/mol. The lowest BCUT2D eigenvalue weighted by atomic mass is 9.94. The third-order valence-corrected chi connectivity index (χ3v) is 7.09. The molecule has 0 aliphatic heterocycles. The Balaban J connectivity index is 1.51. The highest BCUT2D eigenvalue weighted by Gasteiger charge is 2.23. The first-order chi connectivity index (χ1) is 15.6. The van der Waals surface area contributed by atoms with E-state index in [-0.39, 0.29) is 11.7 Å². The number of nitrogens with zero attached hydrogens (tertiary/aromatic N) is 4. The SMILES string of the molecule is CN(C(=O)CSc1nnc(-c2ccccc2F)n1CCc1ccccc1)C1CCCCC1. The summed E-state index contributed by atoms with van der Waals surface area (Å²) in [7, 11) is 1.91. The van der Waals surface area contributed by atoms with Crippen molar-refractivity contribution in [2.24, 2.45) is 0 Å². The van der Waals surface area contributed by atoms with E-state index in [1.165, 1.54) is 42.7 Å². The number of hydrogen-bond acceptors (Lipinski definition) is 4. The van der Waals surface area contributed by atoms with E-state index in [0.717, 1.165) is 19.3 Å². The molecule has 1 aliphatic rings. The second-order valence-corrected chi connectivity index (χ2v) is 9.20. The smallest absolute Gasteiger partial charge is 0.233 e. The molecule has 168 valence electrons. The lowest BCUT2D eigenvalue weighted by Gasteiger charge is -2.31. The van der Waals surface area contributed by atoms with Crippen molar-refractivity contribution in [2.45, 2.75) is 56.3 Å². The van der Waals surface area contributed by atoms with E-state index in [2.05, 4.69) is 22.3 Å². The lowest BCUT2D eigenvalue weighted by Crippen LogP contribution is -2.39. The van der Waals surface area contributed by atoms with Crippen LogP contribution in [0.2, 0.25) is 0 Å². The molecule has 32 heavy (non-hydrogen) atoms. The summed E-state index contributed by atoms with van der Waals surface area (Å²) in [6.45, 7) is 0.607. The molecule has 1 fully saturated rings. The molecule has 5 nitrogen and oxygen atoms in total. The number of carbonyl (C=O) groups is 1. The van der Waals surface area contributed by atoms with Crippen LogP contribution in [-0.2, 0) is 17.8 Å². The second kappa shape index (κ2) is 10.8. The van der Waals surface area contributed by atoms with E-state index in [0.29, 0.717) is 34.9 Å². The van der Waals surface area contributed by atoms with Crippen molar-refractivity contribution in [1.82, 2.24) is 19.7 Å². The standard InChI is InChI=1S/C25H29FN4OS/c1-29(20-12-6-3-7-13-20)23(31)18-32-25-28-27-24(21-14-8-9-15-22(21)26)30(25)17-16-19-10-4-2-5-11-19/h2,4-5,8-11,14-15,20H,3,6-7,12-13,16-18H2,1H3. The van der Waals surface area contributed by atoms with E-state index in [9.17, 15) is 9.18 Å². The zero-order valence-electron chi connectivity index (χ0n) is 18.4. The van der Waals surface area contributed by atoms with Crippen LogP contribution in [0.4, 0.5) is 4.39 Å². The maximum Gasteiger partial charge on any atom is 0.233 e. The van der Waals surface area contributed by atoms with Gasteiger partial charge in [-0.2, -0.15) is 0 Å². The Bertz CT molecular complexity index is 1030. The van der Waals surface area contributed by atoms with Crippen molar-refractivity contribution in [3.8, 4) is 11.4 Å². The van der Waals surface area contributed by atoms with Crippen molar-refractivity contribution >= 4 is 17.7 Å². The summed E-state index contributed by atoms with van der Waals surface area (Å²) in [6, 6.07) is 17.1. The monoisotopic (exact) mass is 452 g/mol. The number of aryl methyl sites for hydroxylation is 1. The van der Waals surface area contributed by atoms with Gasteiger partial charge in [0.15, 0.2) is 11.0 Å². The minimum absolute atomic E-state index is 0.104. The highest BCUT2D eigenvalue weighted by atomic mass is 32.2. The summed E-state index contributed by atoms with van der Waals surface area (Å²) in [5, 5.41) is 9.27. The molecule has 3 aromatic rings. The van der Waals surface area contributed by atoms with Crippen LogP contribution in [0.3, 0.4) is 0 Å². The number of aromatic nitrogens is 3. The summed E-state index contributed by atoms with van der Waals surface area (Å²) in [4.78, 5) is 14.7. The van der Waals surface area contributed by atoms with Gasteiger partial charge in [-0.05, 0) is 37.0 Å². The summed E-state index contributed by atoms with van der Waals surface area (Å²) < 4.78 is 16.4. The highest BCUT2D eigenvalue weighted by molar-refractivity contribution is 7.99. The number of hydrogen-bond donors (Lipinski definition) is 0. The van der Waals surface area contributed by atoms with Gasteiger partial charge in [-0.15, -0.1) is 10.2 Å². The largest absolute Gasteiger partial charge is 0.342 e. The molecule has 1 amide bonds. The molecule has 0 saturated heterocycles. The zero-order valence-corrected chi connectivity index (χ0v) is 19.2. The van der Waals surface area contributed by atoms with Gasteiger partial charge < -0.3 is 9.47 Å². The number of carbonyl (C=O) groups excluding carboxylic acids is 1. The van der Waals surface area contributed by atoms with E-state index < -0.39 is 0 Å². The Morgan fingerprint density at radius 2 is 1.78 bits per heavy atom. The van der Waals surface area contributed by atoms with Gasteiger partial charge >= 0.3 is 0 Å². The molecular weight excluding hydrogens is 423 g/mol. The summed E-state index contributed by atoms with van der Waals surface area (Å²) in [5.41, 5.74) is 1.61. The number of amides is 1. The van der Waals surface area contributed by atoms with Crippen molar-refractivity contribution in [2.75, 3.05) is 12.8 Å². The predicted octanol–water partition coefficient (Wildman–Crippen LogP) is 5.21. The Hall–Kier alpha value is -2.67. The number of halogens is 1. The van der Waals surface area contributed by atoms with E-state index in [1.807, 2.05) is 34.7 Å². The Labute approximate surface area is 193 Å². The second-order valence-electron chi connectivity index (χ2n) is 8.26. The van der Waals surface area contributed by atoms with Crippen molar-refractivity contribution in [3.63, 3.8) is 0 Å². The summed E-state index contributed by atoms with van der Waals surface area (Å²) >= 11 is 1.38. The van der Waals surface area contributed by atoms with Crippen LogP contribution in [0.1, 0.15) is 37.7 Å². The number of benzene rings is 2. The molecule has 1 saturated carbocycles. The third-order valence-electron chi connectivity index (χ3n) is 6.14. The van der Waals surface area contributed by atoms with Gasteiger partial charge in [-0.3, -0.25) is 4.79 Å². The number of rotatable bonds is 8. The molecule has 2 aromatic carbocycles. The van der Waals surface area contributed by atoms with Gasteiger partial charge in [0.1, 0.15) is 5.82 Å². The summed E-state index contributed by atoms with van der Waals surface area (Å²) in [5.74, 6) is 0.570. The van der Waals surface area contributed by atoms with Gasteiger partial charge in [0.05, 0.1) is 11.3 Å². The molecule has 1 aliphatic carbocycles. The van der Waals surface area contributed by atoms with Gasteiger partial charge in [0.2, 0.25) is 5.91 Å². The lowest BCUT2D eigenvalue weighted by molar-refractivity contribution is -0.129. The molecule has 7 heteroatoms. The fraction of sp³-hybridized carbons (Fsp3) is 0.400. The van der Waals surface area contributed by atoms with Crippen LogP contribution in [0.25, 0.3) is 11.4 Å². The fourth-order valence-corrected chi connectivity index (χ4v) is 5.11. The molecular formula is C25H29FN4OS. The molecule has 0 spiro atoms. The Morgan fingerprint density at radius 1 is 1.06 bits per heavy atom. The molecule has 0 atom stereocenters. The van der Waals surface area contributed by atoms with Gasteiger partial charge in [0, 0.05) is 19.6 Å². The molecule has 0 N–H and O–H groups in total. The maximum atomic E-state index is 14.5. The first kappa shape index (κ1) is 22.5.